The summed E-state index contributed by atoms with van der Waals surface area (Å²) in [6.07, 6.45) is 0. The minimum absolute atomic E-state index is 1.17. The van der Waals surface area contributed by atoms with E-state index in [1.165, 1.54) is 104 Å². The molecule has 0 aliphatic carbocycles. The quantitative estimate of drug-likeness (QED) is 0.170. The van der Waals surface area contributed by atoms with Crippen LogP contribution in [0.25, 0.3) is 104 Å². The third-order valence-electron chi connectivity index (χ3n) is 11.2. The molecule has 0 unspecified atom stereocenters. The van der Waals surface area contributed by atoms with E-state index in [-0.39, 0.29) is 0 Å². The van der Waals surface area contributed by atoms with Gasteiger partial charge < -0.3 is 13.7 Å². The maximum Gasteiger partial charge on any atom is 0.0548 e. The fourth-order valence-corrected chi connectivity index (χ4v) is 9.07. The monoisotopic (exact) mass is 647 g/mol. The lowest BCUT2D eigenvalue weighted by atomic mass is 9.99. The average molecular weight is 648 g/mol. The standard InChI is InChI=1S/C48H29N3/c1-2-12-31-29-32(22-21-30(31)11-1)49-45-27-25-43(50-39-17-7-3-13-33(39)34-14-4-8-18-40(34)50)37-23-24-38-44(26-28-46(49)48(38)47(37)45)51-41-19-9-5-15-35(41)36-16-6-10-20-42(36)51/h1-29H. The van der Waals surface area contributed by atoms with Crippen LogP contribution in [0.5, 0.6) is 0 Å². The molecule has 0 amide bonds. The molecule has 3 heteroatoms. The summed E-state index contributed by atoms with van der Waals surface area (Å²) >= 11 is 0. The molecule has 236 valence electrons. The summed E-state index contributed by atoms with van der Waals surface area (Å²) in [5.74, 6) is 0. The van der Waals surface area contributed by atoms with Gasteiger partial charge in [-0.3, -0.25) is 0 Å². The molecule has 0 saturated carbocycles. The van der Waals surface area contributed by atoms with Crippen molar-refractivity contribution >= 4 is 87.0 Å². The Morgan fingerprint density at radius 2 is 0.667 bits per heavy atom. The molecule has 0 atom stereocenters. The van der Waals surface area contributed by atoms with Crippen molar-refractivity contribution in [2.75, 3.05) is 0 Å². The molecule has 0 aliphatic rings. The fraction of sp³-hybridized carbons (Fsp3) is 0. The highest BCUT2D eigenvalue weighted by molar-refractivity contribution is 6.28. The molecule has 0 bridgehead atoms. The summed E-state index contributed by atoms with van der Waals surface area (Å²) in [7, 11) is 0. The van der Waals surface area contributed by atoms with Gasteiger partial charge in [-0.05, 0) is 71.4 Å². The van der Waals surface area contributed by atoms with Crippen molar-refractivity contribution in [3.63, 3.8) is 0 Å². The Morgan fingerprint density at radius 1 is 0.255 bits per heavy atom. The lowest BCUT2D eigenvalue weighted by Gasteiger charge is -2.15. The summed E-state index contributed by atoms with van der Waals surface area (Å²) in [5.41, 5.74) is 10.9. The average Bonchev–Trinajstić information content (AvgIpc) is 3.83. The summed E-state index contributed by atoms with van der Waals surface area (Å²) in [6.45, 7) is 0. The van der Waals surface area contributed by atoms with Crippen LogP contribution in [0.1, 0.15) is 0 Å². The second kappa shape index (κ2) is 9.87. The summed E-state index contributed by atoms with van der Waals surface area (Å²) in [6, 6.07) is 64.8. The van der Waals surface area contributed by atoms with Crippen LogP contribution in [0.4, 0.5) is 0 Å². The lowest BCUT2D eigenvalue weighted by molar-refractivity contribution is 1.17. The van der Waals surface area contributed by atoms with Crippen molar-refractivity contribution < 1.29 is 0 Å². The van der Waals surface area contributed by atoms with E-state index in [4.69, 9.17) is 0 Å². The van der Waals surface area contributed by atoms with Crippen molar-refractivity contribution in [1.29, 1.82) is 0 Å². The molecule has 9 aromatic carbocycles. The van der Waals surface area contributed by atoms with Gasteiger partial charge in [0.1, 0.15) is 0 Å². The normalized spacial score (nSPS) is 12.3. The molecule has 0 spiro atoms. The predicted octanol–water partition coefficient (Wildman–Crippen LogP) is 12.7. The Bertz CT molecular complexity index is 3080. The molecule has 0 N–H and O–H groups in total. The SMILES string of the molecule is c1ccc2cc(-n3c4ccc(-n5c6ccccc6c6ccccc65)c5ccc6c(-n7c8ccccc8c8ccccc87)ccc3c6c54)ccc2c1. The van der Waals surface area contributed by atoms with E-state index < -0.39 is 0 Å². The van der Waals surface area contributed by atoms with Crippen molar-refractivity contribution in [3.8, 4) is 17.1 Å². The first-order valence-corrected chi connectivity index (χ1v) is 17.6. The maximum atomic E-state index is 2.47. The van der Waals surface area contributed by atoms with Gasteiger partial charge in [0.05, 0.1) is 44.5 Å². The number of fused-ring (bicyclic) bond motifs is 7. The van der Waals surface area contributed by atoms with Crippen molar-refractivity contribution in [2.45, 2.75) is 0 Å². The number of hydrogen-bond acceptors (Lipinski definition) is 0. The van der Waals surface area contributed by atoms with Gasteiger partial charge >= 0.3 is 0 Å². The number of aromatic nitrogens is 3. The molecule has 0 aliphatic heterocycles. The fourth-order valence-electron chi connectivity index (χ4n) is 9.07. The minimum atomic E-state index is 1.17. The van der Waals surface area contributed by atoms with Crippen molar-refractivity contribution in [1.82, 2.24) is 13.7 Å². The van der Waals surface area contributed by atoms with E-state index >= 15 is 0 Å². The Labute approximate surface area is 292 Å². The minimum Gasteiger partial charge on any atom is -0.309 e. The second-order valence-electron chi connectivity index (χ2n) is 13.7. The van der Waals surface area contributed by atoms with Gasteiger partial charge in [-0.15, -0.1) is 0 Å². The molecule has 3 aromatic heterocycles. The Balaban J connectivity index is 1.25. The molecular weight excluding hydrogens is 619 g/mol. The van der Waals surface area contributed by atoms with Crippen molar-refractivity contribution in [3.05, 3.63) is 176 Å². The van der Waals surface area contributed by atoms with Crippen LogP contribution in [0.3, 0.4) is 0 Å². The topological polar surface area (TPSA) is 14.8 Å². The number of para-hydroxylation sites is 4. The molecule has 3 heterocycles. The molecule has 0 saturated heterocycles. The van der Waals surface area contributed by atoms with Crippen LogP contribution in [-0.4, -0.2) is 13.7 Å². The molecule has 3 nitrogen and oxygen atoms in total. The third kappa shape index (κ3) is 3.52. The van der Waals surface area contributed by atoms with Gasteiger partial charge in [-0.25, -0.2) is 0 Å². The Hall–Kier alpha value is -6.84. The molecule has 12 rings (SSSR count). The van der Waals surface area contributed by atoms with Gasteiger partial charge in [0.25, 0.3) is 0 Å². The van der Waals surface area contributed by atoms with E-state index in [0.717, 1.165) is 0 Å². The zero-order valence-corrected chi connectivity index (χ0v) is 27.6. The second-order valence-corrected chi connectivity index (χ2v) is 13.7. The van der Waals surface area contributed by atoms with Gasteiger partial charge in [0.15, 0.2) is 0 Å². The van der Waals surface area contributed by atoms with Gasteiger partial charge in [0.2, 0.25) is 0 Å². The highest BCUT2D eigenvalue weighted by atomic mass is 15.0. The summed E-state index contributed by atoms with van der Waals surface area (Å²) in [4.78, 5) is 0. The van der Waals surface area contributed by atoms with Crippen LogP contribution in [0, 0.1) is 0 Å². The summed E-state index contributed by atoms with van der Waals surface area (Å²) in [5, 5.41) is 12.6. The molecule has 51 heavy (non-hydrogen) atoms. The molecular formula is C48H29N3. The van der Waals surface area contributed by atoms with Crippen molar-refractivity contribution in [2.24, 2.45) is 0 Å². The van der Waals surface area contributed by atoms with E-state index in [9.17, 15) is 0 Å². The largest absolute Gasteiger partial charge is 0.309 e. The Morgan fingerprint density at radius 3 is 1.14 bits per heavy atom. The zero-order valence-electron chi connectivity index (χ0n) is 27.6. The van der Waals surface area contributed by atoms with Gasteiger partial charge in [0, 0.05) is 48.8 Å². The number of hydrogen-bond donors (Lipinski definition) is 0. The predicted molar refractivity (Wildman–Crippen MR) is 216 cm³/mol. The number of rotatable bonds is 3. The number of nitrogens with zero attached hydrogens (tertiary/aromatic N) is 3. The van der Waals surface area contributed by atoms with Crippen LogP contribution >= 0.6 is 0 Å². The number of benzene rings is 9. The maximum absolute atomic E-state index is 2.47. The third-order valence-corrected chi connectivity index (χ3v) is 11.2. The van der Waals surface area contributed by atoms with Crippen LogP contribution < -0.4 is 0 Å². The first kappa shape index (κ1) is 27.0. The zero-order chi connectivity index (χ0) is 33.2. The van der Waals surface area contributed by atoms with Crippen LogP contribution in [0.15, 0.2) is 176 Å². The first-order valence-electron chi connectivity index (χ1n) is 17.6. The highest BCUT2D eigenvalue weighted by Crippen LogP contribution is 2.45. The first-order chi connectivity index (χ1) is 25.3. The van der Waals surface area contributed by atoms with Crippen LogP contribution in [-0.2, 0) is 0 Å². The van der Waals surface area contributed by atoms with E-state index in [2.05, 4.69) is 190 Å². The lowest BCUT2D eigenvalue weighted by Crippen LogP contribution is -1.97. The molecule has 0 radical (unpaired) electrons. The Kier molecular flexibility index (Phi) is 5.23. The van der Waals surface area contributed by atoms with E-state index in [0.29, 0.717) is 0 Å². The van der Waals surface area contributed by atoms with E-state index in [1.807, 2.05) is 0 Å². The van der Waals surface area contributed by atoms with Crippen LogP contribution in [0.2, 0.25) is 0 Å². The molecule has 12 aromatic rings. The van der Waals surface area contributed by atoms with Gasteiger partial charge in [-0.1, -0.05) is 115 Å². The van der Waals surface area contributed by atoms with E-state index in [1.54, 1.807) is 0 Å². The molecule has 0 fully saturated rings. The smallest absolute Gasteiger partial charge is 0.0548 e. The summed E-state index contributed by atoms with van der Waals surface area (Å²) < 4.78 is 7.40. The highest BCUT2D eigenvalue weighted by Gasteiger charge is 2.23. The van der Waals surface area contributed by atoms with Gasteiger partial charge in [-0.2, -0.15) is 0 Å².